The van der Waals surface area contributed by atoms with E-state index in [0.29, 0.717) is 12.0 Å². The molecule has 0 saturated heterocycles. The molecule has 0 unspecified atom stereocenters. The number of aromatic carboxylic acids is 1. The molecule has 5 nitrogen and oxygen atoms in total. The number of benzene rings is 4. The van der Waals surface area contributed by atoms with Crippen molar-refractivity contribution in [3.8, 4) is 16.9 Å². The highest BCUT2D eigenvalue weighted by Gasteiger charge is 2.52. The van der Waals surface area contributed by atoms with Crippen LogP contribution >= 0.6 is 0 Å². The molecule has 8 rings (SSSR count). The van der Waals surface area contributed by atoms with Crippen molar-refractivity contribution in [3.63, 3.8) is 0 Å². The van der Waals surface area contributed by atoms with E-state index in [1.165, 1.54) is 44.1 Å². The number of fused-ring (bicyclic) bond motifs is 1. The van der Waals surface area contributed by atoms with Crippen LogP contribution < -0.4 is 4.74 Å². The van der Waals surface area contributed by atoms with Crippen molar-refractivity contribution >= 4 is 16.7 Å². The Bertz CT molecular complexity index is 1590. The van der Waals surface area contributed by atoms with Crippen LogP contribution in [-0.2, 0) is 11.8 Å². The van der Waals surface area contributed by atoms with Gasteiger partial charge in [-0.2, -0.15) is 0 Å². The first-order valence-corrected chi connectivity index (χ1v) is 15.3. The van der Waals surface area contributed by atoms with Crippen molar-refractivity contribution in [2.24, 2.45) is 17.8 Å². The molecule has 4 aliphatic carbocycles. The van der Waals surface area contributed by atoms with E-state index < -0.39 is 12.1 Å². The van der Waals surface area contributed by atoms with Gasteiger partial charge >= 0.3 is 5.97 Å². The summed E-state index contributed by atoms with van der Waals surface area (Å²) >= 11 is 0. The summed E-state index contributed by atoms with van der Waals surface area (Å²) in [6.07, 6.45) is 7.29. The third kappa shape index (κ3) is 4.99. The molecule has 4 saturated carbocycles. The Morgan fingerprint density at radius 2 is 1.52 bits per heavy atom. The molecule has 5 heteroatoms. The number of carboxylic acids is 1. The average Bonchev–Trinajstić information content (AvgIpc) is 2.99. The lowest BCUT2D eigenvalue weighted by Crippen LogP contribution is -2.48. The first-order chi connectivity index (χ1) is 20.4. The van der Waals surface area contributed by atoms with E-state index in [1.54, 1.807) is 6.07 Å². The normalized spacial score (nSPS) is 25.0. The molecule has 4 bridgehead atoms. The predicted octanol–water partition coefficient (Wildman–Crippen LogP) is 7.00. The number of ether oxygens (including phenoxy) is 1. The fourth-order valence-electron chi connectivity index (χ4n) is 8.69. The van der Waals surface area contributed by atoms with Crippen LogP contribution in [0.2, 0.25) is 0 Å². The zero-order valence-corrected chi connectivity index (χ0v) is 23.8. The third-order valence-corrected chi connectivity index (χ3v) is 10.1. The van der Waals surface area contributed by atoms with Crippen LogP contribution in [0.25, 0.3) is 21.9 Å². The van der Waals surface area contributed by atoms with Gasteiger partial charge in [-0.3, -0.25) is 0 Å². The maximum atomic E-state index is 12.1. The standard InChI is InChI=1S/C37H38O5/c38-21-30(39)22-42-35-11-8-28(17-34(35)37-18-24-12-25(19-37)14-26(13-24)20-37)27-6-9-31-29(16-27)7-10-32(36(40)41)33(31)15-23-4-2-1-3-5-23/h1-11,16-17,24-26,30,38-39H,12-15,18-22H2,(H,40,41)/t24?,25?,26?,30-,37?/m1/s1. The maximum Gasteiger partial charge on any atom is 0.335 e. The minimum atomic E-state index is -0.908. The van der Waals surface area contributed by atoms with E-state index in [2.05, 4.69) is 30.3 Å². The molecule has 4 aromatic carbocycles. The Kier molecular flexibility index (Phi) is 7.03. The van der Waals surface area contributed by atoms with Crippen molar-refractivity contribution in [1.29, 1.82) is 0 Å². The molecule has 42 heavy (non-hydrogen) atoms. The second kappa shape index (κ2) is 10.9. The lowest BCUT2D eigenvalue weighted by atomic mass is 9.48. The number of hydrogen-bond donors (Lipinski definition) is 3. The quantitative estimate of drug-likeness (QED) is 0.205. The smallest absolute Gasteiger partial charge is 0.335 e. The van der Waals surface area contributed by atoms with Crippen LogP contribution in [0.15, 0.2) is 78.9 Å². The van der Waals surface area contributed by atoms with Gasteiger partial charge in [0.05, 0.1) is 12.2 Å². The summed E-state index contributed by atoms with van der Waals surface area (Å²) in [5.74, 6) is 2.26. The van der Waals surface area contributed by atoms with Crippen LogP contribution in [0.5, 0.6) is 5.75 Å². The lowest BCUT2D eigenvalue weighted by molar-refractivity contribution is -0.00735. The van der Waals surface area contributed by atoms with Crippen molar-refractivity contribution in [3.05, 3.63) is 101 Å². The number of rotatable bonds is 9. The molecule has 0 heterocycles. The van der Waals surface area contributed by atoms with E-state index in [-0.39, 0.29) is 18.6 Å². The van der Waals surface area contributed by atoms with Crippen LogP contribution in [0.3, 0.4) is 0 Å². The fraction of sp³-hybridized carbons (Fsp3) is 0.378. The second-order valence-corrected chi connectivity index (χ2v) is 13.1. The van der Waals surface area contributed by atoms with E-state index in [0.717, 1.165) is 56.5 Å². The fourth-order valence-corrected chi connectivity index (χ4v) is 8.69. The molecule has 0 spiro atoms. The molecular formula is C37H38O5. The number of carboxylic acid groups (broad SMARTS) is 1. The zero-order valence-electron chi connectivity index (χ0n) is 23.8. The summed E-state index contributed by atoms with van der Waals surface area (Å²) in [4.78, 5) is 12.1. The monoisotopic (exact) mass is 562 g/mol. The highest BCUT2D eigenvalue weighted by Crippen LogP contribution is 2.62. The lowest BCUT2D eigenvalue weighted by Gasteiger charge is -2.57. The maximum absolute atomic E-state index is 12.1. The van der Waals surface area contributed by atoms with Gasteiger partial charge in [0.15, 0.2) is 0 Å². The third-order valence-electron chi connectivity index (χ3n) is 10.1. The van der Waals surface area contributed by atoms with E-state index in [4.69, 9.17) is 4.74 Å². The molecule has 0 radical (unpaired) electrons. The minimum Gasteiger partial charge on any atom is -0.490 e. The van der Waals surface area contributed by atoms with Gasteiger partial charge in [-0.05, 0) is 125 Å². The number of aliphatic hydroxyl groups is 2. The molecule has 0 aromatic heterocycles. The van der Waals surface area contributed by atoms with Crippen LogP contribution in [0.4, 0.5) is 0 Å². The first kappa shape index (κ1) is 27.2. The summed E-state index contributed by atoms with van der Waals surface area (Å²) in [5.41, 5.74) is 5.80. The van der Waals surface area contributed by atoms with Crippen molar-refractivity contribution in [2.45, 2.75) is 56.5 Å². The van der Waals surface area contributed by atoms with Crippen LogP contribution in [0.1, 0.15) is 65.6 Å². The van der Waals surface area contributed by atoms with Gasteiger partial charge in [-0.15, -0.1) is 0 Å². The Labute approximate surface area is 246 Å². The zero-order chi connectivity index (χ0) is 28.8. The molecule has 3 N–H and O–H groups in total. The Morgan fingerprint density at radius 1 is 0.857 bits per heavy atom. The van der Waals surface area contributed by atoms with Gasteiger partial charge in [0.25, 0.3) is 0 Å². The molecule has 0 aliphatic heterocycles. The predicted molar refractivity (Wildman–Crippen MR) is 164 cm³/mol. The van der Waals surface area contributed by atoms with Gasteiger partial charge in [0.2, 0.25) is 0 Å². The number of carbonyl (C=O) groups is 1. The minimum absolute atomic E-state index is 0.0707. The number of hydrogen-bond acceptors (Lipinski definition) is 4. The molecule has 4 aliphatic rings. The van der Waals surface area contributed by atoms with Crippen LogP contribution in [0, 0.1) is 17.8 Å². The summed E-state index contributed by atoms with van der Waals surface area (Å²) in [6, 6.07) is 26.5. The molecule has 4 aromatic rings. The van der Waals surface area contributed by atoms with Crippen molar-refractivity contribution in [2.75, 3.05) is 13.2 Å². The van der Waals surface area contributed by atoms with Gasteiger partial charge in [0, 0.05) is 5.56 Å². The van der Waals surface area contributed by atoms with E-state index >= 15 is 0 Å². The number of aliphatic hydroxyl groups excluding tert-OH is 2. The highest BCUT2D eigenvalue weighted by atomic mass is 16.5. The van der Waals surface area contributed by atoms with E-state index in [9.17, 15) is 20.1 Å². The van der Waals surface area contributed by atoms with Crippen molar-refractivity contribution < 1.29 is 24.9 Å². The molecule has 0 amide bonds. The summed E-state index contributed by atoms with van der Waals surface area (Å²) < 4.78 is 6.18. The topological polar surface area (TPSA) is 87.0 Å². The molecule has 216 valence electrons. The SMILES string of the molecule is O=C(O)c1ccc2cc(-c3ccc(OC[C@H](O)CO)c(C45CC6CC(CC(C6)C4)C5)c3)ccc2c1Cc1ccccc1. The largest absolute Gasteiger partial charge is 0.490 e. The molecular weight excluding hydrogens is 524 g/mol. The van der Waals surface area contributed by atoms with Gasteiger partial charge in [0.1, 0.15) is 18.5 Å². The molecule has 1 atom stereocenters. The van der Waals surface area contributed by atoms with Gasteiger partial charge < -0.3 is 20.1 Å². The summed E-state index contributed by atoms with van der Waals surface area (Å²) in [5, 5.41) is 31.4. The molecule has 4 fully saturated rings. The Balaban J connectivity index is 1.29. The summed E-state index contributed by atoms with van der Waals surface area (Å²) in [7, 11) is 0. The van der Waals surface area contributed by atoms with Gasteiger partial charge in [-0.25, -0.2) is 4.79 Å². The average molecular weight is 563 g/mol. The second-order valence-electron chi connectivity index (χ2n) is 13.1. The first-order valence-electron chi connectivity index (χ1n) is 15.3. The Morgan fingerprint density at radius 3 is 2.19 bits per heavy atom. The van der Waals surface area contributed by atoms with E-state index in [1.807, 2.05) is 42.5 Å². The highest BCUT2D eigenvalue weighted by molar-refractivity contribution is 5.99. The Hall–Kier alpha value is -3.67. The summed E-state index contributed by atoms with van der Waals surface area (Å²) in [6.45, 7) is -0.251. The van der Waals surface area contributed by atoms with Crippen molar-refractivity contribution in [1.82, 2.24) is 0 Å². The van der Waals surface area contributed by atoms with Gasteiger partial charge in [-0.1, -0.05) is 54.6 Å². The van der Waals surface area contributed by atoms with Crippen LogP contribution in [-0.4, -0.2) is 40.6 Å².